The van der Waals surface area contributed by atoms with E-state index in [0.29, 0.717) is 5.15 Å². The molecule has 0 spiro atoms. The number of hydrogen-bond acceptors (Lipinski definition) is 4. The first kappa shape index (κ1) is 18.2. The topological polar surface area (TPSA) is 25.8 Å². The summed E-state index contributed by atoms with van der Waals surface area (Å²) in [6, 6.07) is 17.2. The van der Waals surface area contributed by atoms with Crippen LogP contribution in [0.1, 0.15) is 29.5 Å². The molecule has 0 amide bonds. The standard InChI is InChI=1S/C23H19ClN2S2/c24-21-20-19(18-11-10-16-8-4-5-9-17(16)12-18)14-27-22(20)26-23(25-21)28-13-15-6-2-1-3-7-15/h1-3,6-7,10-12,14H,4-5,8-9,13H2. The third-order valence-corrected chi connectivity index (χ3v) is 7.30. The number of aromatic nitrogens is 2. The van der Waals surface area contributed by atoms with Crippen LogP contribution >= 0.6 is 34.7 Å². The minimum absolute atomic E-state index is 0.550. The number of fused-ring (bicyclic) bond motifs is 2. The number of rotatable bonds is 4. The van der Waals surface area contributed by atoms with Crippen LogP contribution < -0.4 is 0 Å². The van der Waals surface area contributed by atoms with Gasteiger partial charge in [0.1, 0.15) is 9.98 Å². The maximum Gasteiger partial charge on any atom is 0.190 e. The van der Waals surface area contributed by atoms with Crippen LogP contribution in [0.15, 0.2) is 59.1 Å². The van der Waals surface area contributed by atoms with Crippen molar-refractivity contribution in [1.29, 1.82) is 0 Å². The Morgan fingerprint density at radius 2 is 1.79 bits per heavy atom. The van der Waals surface area contributed by atoms with Crippen molar-refractivity contribution < 1.29 is 0 Å². The van der Waals surface area contributed by atoms with Gasteiger partial charge in [0.25, 0.3) is 0 Å². The Balaban J connectivity index is 1.47. The van der Waals surface area contributed by atoms with Crippen LogP contribution in [0.5, 0.6) is 0 Å². The highest BCUT2D eigenvalue weighted by molar-refractivity contribution is 7.98. The Hall–Kier alpha value is -1.88. The van der Waals surface area contributed by atoms with E-state index in [-0.39, 0.29) is 0 Å². The first-order valence-electron chi connectivity index (χ1n) is 9.51. The molecular weight excluding hydrogens is 404 g/mol. The molecule has 0 saturated heterocycles. The number of thioether (sulfide) groups is 1. The van der Waals surface area contributed by atoms with Crippen LogP contribution in [0.2, 0.25) is 5.15 Å². The van der Waals surface area contributed by atoms with Crippen LogP contribution in [0, 0.1) is 0 Å². The van der Waals surface area contributed by atoms with Crippen molar-refractivity contribution in [3.63, 3.8) is 0 Å². The quantitative estimate of drug-likeness (QED) is 0.198. The van der Waals surface area contributed by atoms with Crippen molar-refractivity contribution in [2.24, 2.45) is 0 Å². The smallest absolute Gasteiger partial charge is 0.190 e. The Morgan fingerprint density at radius 1 is 0.964 bits per heavy atom. The summed E-state index contributed by atoms with van der Waals surface area (Å²) in [6.07, 6.45) is 4.96. The first-order valence-corrected chi connectivity index (χ1v) is 11.8. The third-order valence-electron chi connectivity index (χ3n) is 5.24. The zero-order valence-electron chi connectivity index (χ0n) is 15.3. The van der Waals surface area contributed by atoms with Gasteiger partial charge in [0, 0.05) is 16.7 Å². The fraction of sp³-hybridized carbons (Fsp3) is 0.217. The molecule has 1 aliphatic rings. The molecule has 0 saturated carbocycles. The van der Waals surface area contributed by atoms with Crippen LogP contribution in [0.25, 0.3) is 21.3 Å². The fourth-order valence-corrected chi connectivity index (χ4v) is 5.96. The van der Waals surface area contributed by atoms with Gasteiger partial charge in [-0.3, -0.25) is 0 Å². The number of halogens is 1. The highest BCUT2D eigenvalue weighted by Gasteiger charge is 2.16. The van der Waals surface area contributed by atoms with Gasteiger partial charge in [0.2, 0.25) is 0 Å². The Morgan fingerprint density at radius 3 is 2.64 bits per heavy atom. The van der Waals surface area contributed by atoms with E-state index in [2.05, 4.69) is 52.8 Å². The Bertz CT molecular complexity index is 1140. The molecule has 28 heavy (non-hydrogen) atoms. The molecule has 2 aromatic carbocycles. The van der Waals surface area contributed by atoms with Gasteiger partial charge in [0.15, 0.2) is 5.16 Å². The number of benzene rings is 2. The fourth-order valence-electron chi connectivity index (χ4n) is 3.78. The molecule has 2 nitrogen and oxygen atoms in total. The van der Waals surface area contributed by atoms with Gasteiger partial charge in [0.05, 0.1) is 5.39 Å². The van der Waals surface area contributed by atoms with E-state index in [4.69, 9.17) is 16.6 Å². The molecule has 0 aliphatic heterocycles. The van der Waals surface area contributed by atoms with E-state index < -0.39 is 0 Å². The van der Waals surface area contributed by atoms with Crippen LogP contribution in [0.3, 0.4) is 0 Å². The van der Waals surface area contributed by atoms with Crippen molar-refractivity contribution in [3.05, 3.63) is 75.8 Å². The number of aryl methyl sites for hydroxylation is 2. The van der Waals surface area contributed by atoms with Crippen LogP contribution in [-0.2, 0) is 18.6 Å². The van der Waals surface area contributed by atoms with E-state index in [1.807, 2.05) is 6.07 Å². The van der Waals surface area contributed by atoms with Gasteiger partial charge in [-0.15, -0.1) is 11.3 Å². The Labute approximate surface area is 178 Å². The molecule has 0 bridgehead atoms. The van der Waals surface area contributed by atoms with Gasteiger partial charge >= 0.3 is 0 Å². The third kappa shape index (κ3) is 3.57. The molecule has 4 aromatic rings. The summed E-state index contributed by atoms with van der Waals surface area (Å²) in [5.74, 6) is 0.839. The highest BCUT2D eigenvalue weighted by Crippen LogP contribution is 2.39. The van der Waals surface area contributed by atoms with E-state index in [9.17, 15) is 0 Å². The van der Waals surface area contributed by atoms with Crippen molar-refractivity contribution in [2.75, 3.05) is 0 Å². The van der Waals surface area contributed by atoms with Crippen molar-refractivity contribution >= 4 is 44.9 Å². The highest BCUT2D eigenvalue weighted by atomic mass is 35.5. The van der Waals surface area contributed by atoms with Gasteiger partial charge in [-0.05, 0) is 47.9 Å². The predicted octanol–water partition coefficient (Wildman–Crippen LogP) is 7.18. The molecule has 0 atom stereocenters. The molecule has 140 valence electrons. The summed E-state index contributed by atoms with van der Waals surface area (Å²) in [7, 11) is 0. The second-order valence-electron chi connectivity index (χ2n) is 7.09. The average Bonchev–Trinajstić information content (AvgIpc) is 3.17. The van der Waals surface area contributed by atoms with Crippen molar-refractivity contribution in [1.82, 2.24) is 9.97 Å². The minimum Gasteiger partial charge on any atom is -0.211 e. The number of thiophene rings is 1. The summed E-state index contributed by atoms with van der Waals surface area (Å²) in [6.45, 7) is 0. The molecule has 1 aliphatic carbocycles. The molecule has 2 heterocycles. The lowest BCUT2D eigenvalue weighted by Gasteiger charge is -2.16. The minimum atomic E-state index is 0.550. The molecule has 5 rings (SSSR count). The lowest BCUT2D eigenvalue weighted by atomic mass is 9.89. The van der Waals surface area contributed by atoms with Gasteiger partial charge in [-0.25, -0.2) is 9.97 Å². The van der Waals surface area contributed by atoms with E-state index in [0.717, 1.165) is 26.7 Å². The zero-order chi connectivity index (χ0) is 18.9. The molecular formula is C23H19ClN2S2. The summed E-state index contributed by atoms with van der Waals surface area (Å²) < 4.78 is 0. The SMILES string of the molecule is Clc1nc(SCc2ccccc2)nc2scc(-c3ccc4c(c3)CCCC4)c12. The number of hydrogen-bond donors (Lipinski definition) is 0. The molecule has 0 radical (unpaired) electrons. The first-order chi connectivity index (χ1) is 13.8. The van der Waals surface area contributed by atoms with Crippen molar-refractivity contribution in [3.8, 4) is 11.1 Å². The largest absolute Gasteiger partial charge is 0.211 e. The van der Waals surface area contributed by atoms with Crippen molar-refractivity contribution in [2.45, 2.75) is 36.6 Å². The zero-order valence-corrected chi connectivity index (χ0v) is 17.7. The second-order valence-corrected chi connectivity index (χ2v) is 9.25. The lowest BCUT2D eigenvalue weighted by molar-refractivity contribution is 0.686. The summed E-state index contributed by atoms with van der Waals surface area (Å²) in [4.78, 5) is 10.3. The van der Waals surface area contributed by atoms with Gasteiger partial charge in [-0.2, -0.15) is 0 Å². The lowest BCUT2D eigenvalue weighted by Crippen LogP contribution is -2.02. The molecule has 5 heteroatoms. The van der Waals surface area contributed by atoms with E-state index in [1.165, 1.54) is 47.9 Å². The van der Waals surface area contributed by atoms with Gasteiger partial charge < -0.3 is 0 Å². The Kier molecular flexibility index (Phi) is 5.10. The molecule has 0 fully saturated rings. The summed E-state index contributed by atoms with van der Waals surface area (Å²) in [5, 5.41) is 4.43. The maximum atomic E-state index is 6.63. The normalized spacial score (nSPS) is 13.6. The number of nitrogens with zero attached hydrogens (tertiary/aromatic N) is 2. The molecule has 2 aromatic heterocycles. The van der Waals surface area contributed by atoms with Gasteiger partial charge in [-0.1, -0.05) is 71.9 Å². The van der Waals surface area contributed by atoms with E-state index >= 15 is 0 Å². The summed E-state index contributed by atoms with van der Waals surface area (Å²) in [5.41, 5.74) is 6.61. The average molecular weight is 423 g/mol. The monoisotopic (exact) mass is 422 g/mol. The van der Waals surface area contributed by atoms with E-state index in [1.54, 1.807) is 23.1 Å². The molecule has 0 unspecified atom stereocenters. The second kappa shape index (κ2) is 7.86. The van der Waals surface area contributed by atoms with Crippen LogP contribution in [-0.4, -0.2) is 9.97 Å². The predicted molar refractivity (Wildman–Crippen MR) is 121 cm³/mol. The van der Waals surface area contributed by atoms with Crippen LogP contribution in [0.4, 0.5) is 0 Å². The summed E-state index contributed by atoms with van der Waals surface area (Å²) >= 11 is 9.90. The maximum absolute atomic E-state index is 6.63. The molecule has 0 N–H and O–H groups in total.